The van der Waals surface area contributed by atoms with Gasteiger partial charge in [-0.25, -0.2) is 4.98 Å². The van der Waals surface area contributed by atoms with Crippen LogP contribution in [0, 0.1) is 5.92 Å². The van der Waals surface area contributed by atoms with Gasteiger partial charge in [0, 0.05) is 12.7 Å². The van der Waals surface area contributed by atoms with Gasteiger partial charge in [0.1, 0.15) is 5.82 Å². The number of pyridine rings is 1. The predicted molar refractivity (Wildman–Crippen MR) is 65.2 cm³/mol. The van der Waals surface area contributed by atoms with E-state index in [0.29, 0.717) is 19.0 Å². The lowest BCUT2D eigenvalue weighted by atomic mass is 10.1. The number of hydrogen-bond donors (Lipinski definition) is 2. The highest BCUT2D eigenvalue weighted by Gasteiger charge is 2.30. The highest BCUT2D eigenvalue weighted by atomic mass is 19.4. The van der Waals surface area contributed by atoms with Crippen molar-refractivity contribution in [2.24, 2.45) is 11.7 Å². The van der Waals surface area contributed by atoms with E-state index in [2.05, 4.69) is 10.3 Å². The van der Waals surface area contributed by atoms with E-state index in [0.717, 1.165) is 31.2 Å². The summed E-state index contributed by atoms with van der Waals surface area (Å²) in [5.74, 6) is 0.687. The summed E-state index contributed by atoms with van der Waals surface area (Å²) in [6.07, 6.45) is -1.36. The number of halogens is 3. The number of hydrogen-bond acceptors (Lipinski definition) is 3. The summed E-state index contributed by atoms with van der Waals surface area (Å²) in [7, 11) is 0. The monoisotopic (exact) mass is 261 g/mol. The fourth-order valence-corrected chi connectivity index (χ4v) is 1.49. The number of anilines is 1. The highest BCUT2D eigenvalue weighted by molar-refractivity contribution is 5.38. The maximum Gasteiger partial charge on any atom is 0.416 e. The van der Waals surface area contributed by atoms with Crippen molar-refractivity contribution in [2.45, 2.75) is 25.9 Å². The van der Waals surface area contributed by atoms with Crippen LogP contribution in [0.4, 0.5) is 19.0 Å². The Hall–Kier alpha value is -1.30. The minimum absolute atomic E-state index is 0.255. The third-order valence-corrected chi connectivity index (χ3v) is 2.67. The Morgan fingerprint density at radius 1 is 1.44 bits per heavy atom. The molecule has 3 nitrogen and oxygen atoms in total. The maximum absolute atomic E-state index is 12.4. The summed E-state index contributed by atoms with van der Waals surface area (Å²) in [5.41, 5.74) is 4.79. The Bertz CT molecular complexity index is 366. The van der Waals surface area contributed by atoms with Crippen molar-refractivity contribution in [3.8, 4) is 0 Å². The van der Waals surface area contributed by atoms with Crippen molar-refractivity contribution in [1.29, 1.82) is 0 Å². The molecule has 0 aliphatic rings. The summed E-state index contributed by atoms with van der Waals surface area (Å²) < 4.78 is 37.3. The SMILES string of the molecule is CC(CN)CCCNc1cc(C(F)(F)F)ccn1. The summed E-state index contributed by atoms with van der Waals surface area (Å²) in [4.78, 5) is 3.85. The van der Waals surface area contributed by atoms with Crippen molar-refractivity contribution in [3.63, 3.8) is 0 Å². The second kappa shape index (κ2) is 6.58. The van der Waals surface area contributed by atoms with Gasteiger partial charge in [0.2, 0.25) is 0 Å². The van der Waals surface area contributed by atoms with E-state index in [4.69, 9.17) is 5.73 Å². The summed E-state index contributed by atoms with van der Waals surface area (Å²) in [6.45, 7) is 3.27. The summed E-state index contributed by atoms with van der Waals surface area (Å²) >= 11 is 0. The molecule has 0 fully saturated rings. The van der Waals surface area contributed by atoms with Crippen LogP contribution in [0.2, 0.25) is 0 Å². The number of alkyl halides is 3. The first-order chi connectivity index (χ1) is 8.43. The fraction of sp³-hybridized carbons (Fsp3) is 0.583. The molecule has 0 aliphatic carbocycles. The molecule has 1 aromatic heterocycles. The first-order valence-corrected chi connectivity index (χ1v) is 5.90. The standard InChI is InChI=1S/C12H18F3N3/c1-9(8-16)3-2-5-17-11-7-10(4-6-18-11)12(13,14)15/h4,6-7,9H,2-3,5,8,16H2,1H3,(H,17,18). The third kappa shape index (κ3) is 4.91. The van der Waals surface area contributed by atoms with Crippen LogP contribution in [-0.4, -0.2) is 18.1 Å². The highest BCUT2D eigenvalue weighted by Crippen LogP contribution is 2.29. The van der Waals surface area contributed by atoms with Crippen LogP contribution in [0.25, 0.3) is 0 Å². The minimum atomic E-state index is -4.33. The quantitative estimate of drug-likeness (QED) is 0.774. The second-order valence-corrected chi connectivity index (χ2v) is 4.34. The number of nitrogens with two attached hydrogens (primary N) is 1. The number of rotatable bonds is 6. The molecule has 0 aromatic carbocycles. The van der Waals surface area contributed by atoms with Crippen LogP contribution in [0.3, 0.4) is 0 Å². The maximum atomic E-state index is 12.4. The number of nitrogens with zero attached hydrogens (tertiary/aromatic N) is 1. The zero-order valence-electron chi connectivity index (χ0n) is 10.3. The van der Waals surface area contributed by atoms with Gasteiger partial charge in [-0.1, -0.05) is 6.92 Å². The van der Waals surface area contributed by atoms with Crippen molar-refractivity contribution in [1.82, 2.24) is 4.98 Å². The van der Waals surface area contributed by atoms with E-state index in [9.17, 15) is 13.2 Å². The van der Waals surface area contributed by atoms with Crippen LogP contribution >= 0.6 is 0 Å². The van der Waals surface area contributed by atoms with E-state index in [1.165, 1.54) is 0 Å². The number of nitrogens with one attached hydrogen (secondary N) is 1. The Balaban J connectivity index is 2.43. The van der Waals surface area contributed by atoms with Gasteiger partial charge in [0.15, 0.2) is 0 Å². The smallest absolute Gasteiger partial charge is 0.370 e. The average Bonchev–Trinajstić information content (AvgIpc) is 2.33. The molecule has 0 bridgehead atoms. The normalized spacial score (nSPS) is 13.4. The van der Waals surface area contributed by atoms with E-state index < -0.39 is 11.7 Å². The first kappa shape index (κ1) is 14.8. The molecule has 102 valence electrons. The van der Waals surface area contributed by atoms with Gasteiger partial charge in [0.25, 0.3) is 0 Å². The van der Waals surface area contributed by atoms with Gasteiger partial charge in [-0.2, -0.15) is 13.2 Å². The van der Waals surface area contributed by atoms with Gasteiger partial charge >= 0.3 is 6.18 Å². The zero-order valence-corrected chi connectivity index (χ0v) is 10.3. The van der Waals surface area contributed by atoms with Gasteiger partial charge in [-0.15, -0.1) is 0 Å². The topological polar surface area (TPSA) is 50.9 Å². The Labute approximate surface area is 105 Å². The molecule has 0 saturated carbocycles. The molecule has 1 rings (SSSR count). The van der Waals surface area contributed by atoms with E-state index in [1.807, 2.05) is 6.92 Å². The molecule has 1 aromatic rings. The van der Waals surface area contributed by atoms with Gasteiger partial charge in [-0.05, 0) is 37.4 Å². The first-order valence-electron chi connectivity index (χ1n) is 5.90. The number of aromatic nitrogens is 1. The van der Waals surface area contributed by atoms with Crippen LogP contribution in [0.15, 0.2) is 18.3 Å². The Kier molecular flexibility index (Phi) is 5.40. The summed E-state index contributed by atoms with van der Waals surface area (Å²) in [5, 5.41) is 2.88. The molecule has 0 radical (unpaired) electrons. The van der Waals surface area contributed by atoms with Gasteiger partial charge in [0.05, 0.1) is 5.56 Å². The van der Waals surface area contributed by atoms with E-state index in [1.54, 1.807) is 0 Å². The van der Waals surface area contributed by atoms with E-state index >= 15 is 0 Å². The van der Waals surface area contributed by atoms with Crippen molar-refractivity contribution < 1.29 is 13.2 Å². The second-order valence-electron chi connectivity index (χ2n) is 4.34. The van der Waals surface area contributed by atoms with Crippen molar-refractivity contribution >= 4 is 5.82 Å². The predicted octanol–water partition coefficient (Wildman–Crippen LogP) is 2.89. The van der Waals surface area contributed by atoms with Crippen LogP contribution in [-0.2, 0) is 6.18 Å². The molecule has 0 aliphatic heterocycles. The molecule has 0 spiro atoms. The fourth-order valence-electron chi connectivity index (χ4n) is 1.49. The van der Waals surface area contributed by atoms with Crippen molar-refractivity contribution in [2.75, 3.05) is 18.4 Å². The molecule has 6 heteroatoms. The van der Waals surface area contributed by atoms with Crippen LogP contribution in [0.1, 0.15) is 25.3 Å². The minimum Gasteiger partial charge on any atom is -0.370 e. The van der Waals surface area contributed by atoms with Gasteiger partial charge < -0.3 is 11.1 Å². The van der Waals surface area contributed by atoms with E-state index in [-0.39, 0.29) is 5.82 Å². The van der Waals surface area contributed by atoms with Crippen LogP contribution in [0.5, 0.6) is 0 Å². The lowest BCUT2D eigenvalue weighted by Gasteiger charge is -2.11. The molecule has 0 saturated heterocycles. The Morgan fingerprint density at radius 2 is 2.17 bits per heavy atom. The molecule has 1 atom stereocenters. The molecular formula is C12H18F3N3. The Morgan fingerprint density at radius 3 is 2.78 bits per heavy atom. The lowest BCUT2D eigenvalue weighted by molar-refractivity contribution is -0.137. The molecule has 1 unspecified atom stereocenters. The average molecular weight is 261 g/mol. The van der Waals surface area contributed by atoms with Gasteiger partial charge in [-0.3, -0.25) is 0 Å². The van der Waals surface area contributed by atoms with Crippen LogP contribution < -0.4 is 11.1 Å². The molecular weight excluding hydrogens is 243 g/mol. The van der Waals surface area contributed by atoms with Crippen molar-refractivity contribution in [3.05, 3.63) is 23.9 Å². The summed E-state index contributed by atoms with van der Waals surface area (Å²) in [6, 6.07) is 1.98. The molecule has 3 N–H and O–H groups in total. The zero-order chi connectivity index (χ0) is 13.6. The largest absolute Gasteiger partial charge is 0.416 e. The molecule has 1 heterocycles. The molecule has 18 heavy (non-hydrogen) atoms. The lowest BCUT2D eigenvalue weighted by Crippen LogP contribution is -2.13. The third-order valence-electron chi connectivity index (χ3n) is 2.67. The molecule has 0 amide bonds.